The Kier molecular flexibility index (Phi) is 6.88. The molecule has 1 saturated heterocycles. The number of aromatic nitrogens is 1. The Morgan fingerprint density at radius 1 is 1.11 bits per heavy atom. The number of nitrogens with one attached hydrogen (secondary N) is 1. The lowest BCUT2D eigenvalue weighted by molar-refractivity contribution is 0.0944. The summed E-state index contributed by atoms with van der Waals surface area (Å²) in [7, 11) is 0. The molecule has 1 amide bonds. The molecule has 1 aromatic carbocycles. The van der Waals surface area contributed by atoms with Gasteiger partial charge < -0.3 is 10.2 Å². The highest BCUT2D eigenvalue weighted by atomic mass is 35.5. The van der Waals surface area contributed by atoms with E-state index in [-0.39, 0.29) is 11.9 Å². The maximum Gasteiger partial charge on any atom is 0.269 e. The Morgan fingerprint density at radius 3 is 2.68 bits per heavy atom. The highest BCUT2D eigenvalue weighted by Crippen LogP contribution is 2.45. The van der Waals surface area contributed by atoms with Gasteiger partial charge in [-0.3, -0.25) is 9.80 Å². The summed E-state index contributed by atoms with van der Waals surface area (Å²) >= 11 is 6.43. The monoisotopic (exact) mass is 516 g/mol. The first kappa shape index (κ1) is 24.4. The van der Waals surface area contributed by atoms with Gasteiger partial charge in [-0.05, 0) is 81.8 Å². The van der Waals surface area contributed by atoms with Gasteiger partial charge in [-0.15, -0.1) is 0 Å². The number of anilines is 1. The second-order valence-electron chi connectivity index (χ2n) is 10.8. The number of hydrazone groups is 1. The lowest BCUT2D eigenvalue weighted by Crippen LogP contribution is -2.41. The van der Waals surface area contributed by atoms with Gasteiger partial charge in [-0.25, -0.2) is 9.83 Å². The standard InChI is InChI=1S/C29H33ClN6O/c1-31-25-11-8-20(18-23(25)30)36-28(19-6-2-3-7-19)22-10-12-24-21(27(22)34-36)9-13-26(33-24)29(37)32-14-17-35-15-4-5-16-35/h8-9,11,13,18-19,22,28H,2-7,10,12,14-17H2,(H,32,37). The molecule has 2 aliphatic heterocycles. The van der Waals surface area contributed by atoms with E-state index in [9.17, 15) is 4.79 Å². The fourth-order valence-corrected chi connectivity index (χ4v) is 6.92. The zero-order valence-corrected chi connectivity index (χ0v) is 21.9. The molecule has 0 bridgehead atoms. The average Bonchev–Trinajstić information content (AvgIpc) is 3.69. The van der Waals surface area contributed by atoms with E-state index in [2.05, 4.69) is 20.1 Å². The normalized spacial score (nSPS) is 23.5. The minimum absolute atomic E-state index is 0.0996. The third-order valence-corrected chi connectivity index (χ3v) is 8.85. The highest BCUT2D eigenvalue weighted by molar-refractivity contribution is 6.33. The van der Waals surface area contributed by atoms with Crippen LogP contribution in [0, 0.1) is 18.4 Å². The summed E-state index contributed by atoms with van der Waals surface area (Å²) in [5.74, 6) is 0.815. The summed E-state index contributed by atoms with van der Waals surface area (Å²) < 4.78 is 0. The molecule has 0 radical (unpaired) electrons. The van der Waals surface area contributed by atoms with E-state index >= 15 is 0 Å². The van der Waals surface area contributed by atoms with Crippen molar-refractivity contribution in [2.45, 2.75) is 57.4 Å². The van der Waals surface area contributed by atoms with Crippen LogP contribution in [0.25, 0.3) is 4.85 Å². The largest absolute Gasteiger partial charge is 0.349 e. The van der Waals surface area contributed by atoms with Gasteiger partial charge in [0, 0.05) is 29.6 Å². The Hall–Kier alpha value is -2.95. The molecular formula is C29H33ClN6O. The molecule has 0 spiro atoms. The van der Waals surface area contributed by atoms with Crippen molar-refractivity contribution in [3.05, 3.63) is 63.7 Å². The van der Waals surface area contributed by atoms with Crippen LogP contribution in [0.3, 0.4) is 0 Å². The number of likely N-dealkylation sites (tertiary alicyclic amines) is 1. The third-order valence-electron chi connectivity index (χ3n) is 8.55. The van der Waals surface area contributed by atoms with E-state index in [1.165, 1.54) is 38.5 Å². The van der Waals surface area contributed by atoms with Crippen molar-refractivity contribution in [1.82, 2.24) is 15.2 Å². The number of amides is 1. The number of rotatable bonds is 6. The molecule has 192 valence electrons. The molecular weight excluding hydrogens is 484 g/mol. The summed E-state index contributed by atoms with van der Waals surface area (Å²) in [4.78, 5) is 23.5. The number of hydrogen-bond donors (Lipinski definition) is 1. The van der Waals surface area contributed by atoms with Crippen LogP contribution in [0.4, 0.5) is 11.4 Å². The zero-order valence-electron chi connectivity index (χ0n) is 21.1. The topological polar surface area (TPSA) is 65.2 Å². The van der Waals surface area contributed by atoms with Gasteiger partial charge in [0.1, 0.15) is 5.69 Å². The van der Waals surface area contributed by atoms with Crippen molar-refractivity contribution in [2.24, 2.45) is 16.9 Å². The van der Waals surface area contributed by atoms with Crippen LogP contribution < -0.4 is 10.3 Å². The van der Waals surface area contributed by atoms with Gasteiger partial charge in [0.25, 0.3) is 5.91 Å². The number of aryl methyl sites for hydroxylation is 1. The summed E-state index contributed by atoms with van der Waals surface area (Å²) in [6.07, 6.45) is 9.30. The van der Waals surface area contributed by atoms with E-state index in [1.54, 1.807) is 6.07 Å². The quantitative estimate of drug-likeness (QED) is 0.518. The smallest absolute Gasteiger partial charge is 0.269 e. The molecule has 8 heteroatoms. The van der Waals surface area contributed by atoms with Gasteiger partial charge >= 0.3 is 0 Å². The first-order valence-electron chi connectivity index (χ1n) is 13.7. The Bertz CT molecular complexity index is 1260. The van der Waals surface area contributed by atoms with E-state index < -0.39 is 0 Å². The van der Waals surface area contributed by atoms with Crippen LogP contribution in [-0.2, 0) is 6.42 Å². The van der Waals surface area contributed by atoms with Crippen LogP contribution in [0.2, 0.25) is 5.02 Å². The number of pyridine rings is 1. The zero-order chi connectivity index (χ0) is 25.4. The molecule has 2 atom stereocenters. The maximum atomic E-state index is 12.8. The summed E-state index contributed by atoms with van der Waals surface area (Å²) in [6, 6.07) is 9.83. The minimum atomic E-state index is -0.0996. The molecule has 2 aliphatic carbocycles. The molecule has 1 aromatic heterocycles. The van der Waals surface area contributed by atoms with Gasteiger partial charge in [-0.2, -0.15) is 5.10 Å². The Labute approximate surface area is 223 Å². The second-order valence-corrected chi connectivity index (χ2v) is 11.2. The first-order valence-corrected chi connectivity index (χ1v) is 14.1. The molecule has 1 saturated carbocycles. The van der Waals surface area contributed by atoms with Crippen molar-refractivity contribution in [1.29, 1.82) is 0 Å². The molecule has 6 rings (SSSR count). The van der Waals surface area contributed by atoms with E-state index in [0.29, 0.717) is 34.8 Å². The molecule has 1 N–H and O–H groups in total. The number of nitrogens with zero attached hydrogens (tertiary/aromatic N) is 5. The van der Waals surface area contributed by atoms with Gasteiger partial charge in [0.05, 0.1) is 29.7 Å². The number of fused-ring (bicyclic) bond motifs is 3. The SMILES string of the molecule is [C-]#[N+]c1ccc(N2N=C3c4ccc(C(=O)NCCN5CCCC5)nc4CCC3C2C2CCCC2)cc1Cl. The summed E-state index contributed by atoms with van der Waals surface area (Å²) in [6.45, 7) is 11.1. The van der Waals surface area contributed by atoms with Crippen LogP contribution >= 0.6 is 11.6 Å². The van der Waals surface area contributed by atoms with Crippen LogP contribution in [0.15, 0.2) is 35.4 Å². The molecule has 4 aliphatic rings. The Morgan fingerprint density at radius 2 is 1.92 bits per heavy atom. The molecule has 7 nitrogen and oxygen atoms in total. The van der Waals surface area contributed by atoms with Crippen molar-refractivity contribution in [3.63, 3.8) is 0 Å². The number of hydrogen-bond acceptors (Lipinski definition) is 5. The van der Waals surface area contributed by atoms with E-state index in [4.69, 9.17) is 28.3 Å². The van der Waals surface area contributed by atoms with Crippen molar-refractivity contribution in [3.8, 4) is 0 Å². The fraction of sp³-hybridized carbons (Fsp3) is 0.517. The van der Waals surface area contributed by atoms with Gasteiger partial charge in [0.2, 0.25) is 5.69 Å². The molecule has 2 unspecified atom stereocenters. The molecule has 2 fully saturated rings. The highest BCUT2D eigenvalue weighted by Gasteiger charge is 2.46. The maximum absolute atomic E-state index is 12.8. The Balaban J connectivity index is 1.25. The first-order chi connectivity index (χ1) is 18.1. The van der Waals surface area contributed by atoms with E-state index in [0.717, 1.165) is 55.1 Å². The number of carbonyl (C=O) groups excluding carboxylic acids is 1. The van der Waals surface area contributed by atoms with Crippen LogP contribution in [0.5, 0.6) is 0 Å². The average molecular weight is 517 g/mol. The van der Waals surface area contributed by atoms with E-state index in [1.807, 2.05) is 24.3 Å². The number of carbonyl (C=O) groups is 1. The van der Waals surface area contributed by atoms with Crippen LogP contribution in [-0.4, -0.2) is 53.7 Å². The number of benzene rings is 1. The van der Waals surface area contributed by atoms with Crippen molar-refractivity contribution < 1.29 is 4.79 Å². The van der Waals surface area contributed by atoms with Crippen LogP contribution in [0.1, 0.15) is 66.7 Å². The molecule has 37 heavy (non-hydrogen) atoms. The third kappa shape index (κ3) is 4.73. The van der Waals surface area contributed by atoms with Crippen molar-refractivity contribution in [2.75, 3.05) is 31.2 Å². The lowest BCUT2D eigenvalue weighted by Gasteiger charge is -2.34. The van der Waals surface area contributed by atoms with Gasteiger partial charge in [0.15, 0.2) is 0 Å². The predicted octanol–water partition coefficient (Wildman–Crippen LogP) is 5.46. The van der Waals surface area contributed by atoms with Gasteiger partial charge in [-0.1, -0.05) is 30.5 Å². The predicted molar refractivity (Wildman–Crippen MR) is 147 cm³/mol. The molecule has 3 heterocycles. The summed E-state index contributed by atoms with van der Waals surface area (Å²) in [5.41, 5.74) is 5.02. The fourth-order valence-electron chi connectivity index (χ4n) is 6.70. The lowest BCUT2D eigenvalue weighted by atomic mass is 9.76. The molecule has 2 aromatic rings. The van der Waals surface area contributed by atoms with Crippen molar-refractivity contribution >= 4 is 34.6 Å². The minimum Gasteiger partial charge on any atom is -0.349 e. The number of halogens is 1. The second kappa shape index (κ2) is 10.4. The summed E-state index contributed by atoms with van der Waals surface area (Å²) in [5, 5.41) is 10.9.